The molecule has 6 heteroatoms. The second-order valence-electron chi connectivity index (χ2n) is 7.43. The van der Waals surface area contributed by atoms with Gasteiger partial charge in [-0.05, 0) is 60.4 Å². The summed E-state index contributed by atoms with van der Waals surface area (Å²) in [5.41, 5.74) is 2.22. The van der Waals surface area contributed by atoms with Crippen LogP contribution >= 0.6 is 0 Å². The van der Waals surface area contributed by atoms with Crippen molar-refractivity contribution >= 4 is 17.5 Å². The Kier molecular flexibility index (Phi) is 5.93. The van der Waals surface area contributed by atoms with Crippen molar-refractivity contribution in [3.63, 3.8) is 0 Å². The maximum absolute atomic E-state index is 13.6. The number of halogens is 1. The Morgan fingerprint density at radius 1 is 0.967 bits per heavy atom. The van der Waals surface area contributed by atoms with E-state index in [0.29, 0.717) is 17.7 Å². The molecule has 0 atom stereocenters. The molecule has 5 nitrogen and oxygen atoms in total. The zero-order valence-corrected chi connectivity index (χ0v) is 16.6. The zero-order valence-electron chi connectivity index (χ0n) is 16.6. The van der Waals surface area contributed by atoms with Crippen molar-refractivity contribution in [1.29, 1.82) is 0 Å². The summed E-state index contributed by atoms with van der Waals surface area (Å²) in [7, 11) is 0. The Bertz CT molecular complexity index is 1010. The number of nitrogens with zero attached hydrogens (tertiary/aromatic N) is 2. The molecule has 0 aliphatic carbocycles. The summed E-state index contributed by atoms with van der Waals surface area (Å²) in [6, 6.07) is 16.8. The molecule has 1 saturated heterocycles. The van der Waals surface area contributed by atoms with E-state index < -0.39 is 0 Å². The molecule has 1 fully saturated rings. The van der Waals surface area contributed by atoms with E-state index in [0.717, 1.165) is 31.5 Å². The van der Waals surface area contributed by atoms with Crippen LogP contribution in [0.5, 0.6) is 0 Å². The van der Waals surface area contributed by atoms with Gasteiger partial charge in [0.15, 0.2) is 5.76 Å². The highest BCUT2D eigenvalue weighted by Crippen LogP contribution is 2.22. The van der Waals surface area contributed by atoms with E-state index in [1.807, 2.05) is 29.2 Å². The molecule has 0 N–H and O–H groups in total. The normalized spacial score (nSPS) is 13.4. The molecule has 0 spiro atoms. The molecule has 2 aromatic carbocycles. The molecular weight excluding hydrogens is 383 g/mol. The van der Waals surface area contributed by atoms with Gasteiger partial charge in [-0.2, -0.15) is 0 Å². The summed E-state index contributed by atoms with van der Waals surface area (Å²) in [6.07, 6.45) is 3.92. The Morgan fingerprint density at radius 3 is 2.40 bits per heavy atom. The second kappa shape index (κ2) is 8.95. The van der Waals surface area contributed by atoms with Gasteiger partial charge in [-0.15, -0.1) is 0 Å². The van der Waals surface area contributed by atoms with Crippen molar-refractivity contribution in [1.82, 2.24) is 4.90 Å². The highest BCUT2D eigenvalue weighted by molar-refractivity contribution is 6.04. The van der Waals surface area contributed by atoms with E-state index >= 15 is 0 Å². The largest absolute Gasteiger partial charge is 0.459 e. The molecule has 0 unspecified atom stereocenters. The van der Waals surface area contributed by atoms with Crippen LogP contribution in [-0.4, -0.2) is 29.8 Å². The third-order valence-electron chi connectivity index (χ3n) is 5.27. The first-order valence-corrected chi connectivity index (χ1v) is 10.1. The summed E-state index contributed by atoms with van der Waals surface area (Å²) in [4.78, 5) is 28.8. The van der Waals surface area contributed by atoms with Crippen LogP contribution in [0.1, 0.15) is 34.5 Å². The minimum absolute atomic E-state index is 0.128. The van der Waals surface area contributed by atoms with Crippen molar-refractivity contribution < 1.29 is 18.4 Å². The van der Waals surface area contributed by atoms with E-state index in [-0.39, 0.29) is 29.9 Å². The topological polar surface area (TPSA) is 53.8 Å². The molecule has 30 heavy (non-hydrogen) atoms. The van der Waals surface area contributed by atoms with Gasteiger partial charge in [-0.3, -0.25) is 9.59 Å². The lowest BCUT2D eigenvalue weighted by molar-refractivity contribution is -0.129. The van der Waals surface area contributed by atoms with Crippen molar-refractivity contribution in [3.8, 4) is 0 Å². The van der Waals surface area contributed by atoms with Crippen LogP contribution in [0.3, 0.4) is 0 Å². The first-order valence-electron chi connectivity index (χ1n) is 10.1. The molecule has 1 aromatic heterocycles. The second-order valence-corrected chi connectivity index (χ2v) is 7.43. The molecule has 2 amide bonds. The van der Waals surface area contributed by atoms with Gasteiger partial charge in [-0.1, -0.05) is 24.3 Å². The van der Waals surface area contributed by atoms with E-state index in [1.165, 1.54) is 18.4 Å². The zero-order chi connectivity index (χ0) is 20.9. The molecular formula is C24H23FN2O3. The summed E-state index contributed by atoms with van der Waals surface area (Å²) >= 11 is 0. The van der Waals surface area contributed by atoms with Crippen LogP contribution in [0, 0.1) is 5.82 Å². The van der Waals surface area contributed by atoms with Crippen molar-refractivity contribution in [2.75, 3.05) is 18.0 Å². The van der Waals surface area contributed by atoms with Crippen LogP contribution in [0.4, 0.5) is 10.1 Å². The van der Waals surface area contributed by atoms with Gasteiger partial charge in [0.05, 0.1) is 19.2 Å². The number of carbonyl (C=O) groups is 2. The van der Waals surface area contributed by atoms with Crippen LogP contribution in [0.15, 0.2) is 71.3 Å². The smallest absolute Gasteiger partial charge is 0.294 e. The minimum atomic E-state index is -0.353. The average molecular weight is 406 g/mol. The molecule has 0 saturated carbocycles. The fourth-order valence-electron chi connectivity index (χ4n) is 3.68. The number of hydrogen-bond acceptors (Lipinski definition) is 3. The molecule has 2 heterocycles. The van der Waals surface area contributed by atoms with Gasteiger partial charge in [0.1, 0.15) is 5.82 Å². The SMILES string of the molecule is O=C(Cc1ccc(N(Cc2cccc(F)c2)C(=O)c2ccco2)cc1)N1CCCC1. The number of rotatable bonds is 6. The third-order valence-corrected chi connectivity index (χ3v) is 5.27. The van der Waals surface area contributed by atoms with Crippen LogP contribution < -0.4 is 4.90 Å². The monoisotopic (exact) mass is 406 g/mol. The standard InChI is InChI=1S/C24H23FN2O3/c25-20-6-3-5-19(15-20)17-27(24(29)22-7-4-14-30-22)21-10-8-18(9-11-21)16-23(28)26-12-1-2-13-26/h3-11,14-15H,1-2,12-13,16-17H2. The number of hydrogen-bond donors (Lipinski definition) is 0. The van der Waals surface area contributed by atoms with E-state index in [9.17, 15) is 14.0 Å². The number of furan rings is 1. The Labute approximate surface area is 174 Å². The Balaban J connectivity index is 1.55. The number of carbonyl (C=O) groups excluding carboxylic acids is 2. The van der Waals surface area contributed by atoms with Crippen molar-refractivity contribution in [2.24, 2.45) is 0 Å². The van der Waals surface area contributed by atoms with Gasteiger partial charge in [0.25, 0.3) is 5.91 Å². The quantitative estimate of drug-likeness (QED) is 0.609. The number of benzene rings is 2. The fourth-order valence-corrected chi connectivity index (χ4v) is 3.68. The Morgan fingerprint density at radius 2 is 1.73 bits per heavy atom. The summed E-state index contributed by atoms with van der Waals surface area (Å²) < 4.78 is 18.9. The maximum Gasteiger partial charge on any atom is 0.294 e. The van der Waals surface area contributed by atoms with Gasteiger partial charge >= 0.3 is 0 Å². The van der Waals surface area contributed by atoms with E-state index in [1.54, 1.807) is 29.2 Å². The van der Waals surface area contributed by atoms with Crippen LogP contribution in [-0.2, 0) is 17.8 Å². The number of anilines is 1. The minimum Gasteiger partial charge on any atom is -0.459 e. The molecule has 3 aromatic rings. The molecule has 1 aliphatic heterocycles. The van der Waals surface area contributed by atoms with Crippen molar-refractivity contribution in [3.05, 3.63) is 89.6 Å². The van der Waals surface area contributed by atoms with Gasteiger partial charge < -0.3 is 14.2 Å². The molecule has 4 rings (SSSR count). The molecule has 154 valence electrons. The van der Waals surface area contributed by atoms with Gasteiger partial charge in [-0.25, -0.2) is 4.39 Å². The third kappa shape index (κ3) is 4.59. The molecule has 1 aliphatic rings. The highest BCUT2D eigenvalue weighted by Gasteiger charge is 2.22. The fraction of sp³-hybridized carbons (Fsp3) is 0.250. The van der Waals surface area contributed by atoms with Gasteiger partial charge in [0, 0.05) is 18.8 Å². The van der Waals surface area contributed by atoms with Crippen LogP contribution in [0.25, 0.3) is 0 Å². The predicted octanol–water partition coefficient (Wildman–Crippen LogP) is 4.43. The molecule has 0 bridgehead atoms. The van der Waals surface area contributed by atoms with Crippen molar-refractivity contribution in [2.45, 2.75) is 25.8 Å². The summed E-state index contributed by atoms with van der Waals surface area (Å²) in [5, 5.41) is 0. The van der Waals surface area contributed by atoms with E-state index in [2.05, 4.69) is 0 Å². The number of amides is 2. The van der Waals surface area contributed by atoms with Crippen LogP contribution in [0.2, 0.25) is 0 Å². The average Bonchev–Trinajstić information content (AvgIpc) is 3.46. The lowest BCUT2D eigenvalue weighted by Gasteiger charge is -2.22. The lowest BCUT2D eigenvalue weighted by Crippen LogP contribution is -2.30. The highest BCUT2D eigenvalue weighted by atomic mass is 19.1. The first-order chi connectivity index (χ1) is 14.6. The Hall–Kier alpha value is -3.41. The summed E-state index contributed by atoms with van der Waals surface area (Å²) in [6.45, 7) is 1.86. The maximum atomic E-state index is 13.6. The molecule has 0 radical (unpaired) electrons. The van der Waals surface area contributed by atoms with E-state index in [4.69, 9.17) is 4.42 Å². The summed E-state index contributed by atoms with van der Waals surface area (Å²) in [5.74, 6) is -0.331. The van der Waals surface area contributed by atoms with Gasteiger partial charge in [0.2, 0.25) is 5.91 Å². The predicted molar refractivity (Wildman–Crippen MR) is 112 cm³/mol. The first kappa shape index (κ1) is 19.9. The lowest BCUT2D eigenvalue weighted by atomic mass is 10.1. The number of likely N-dealkylation sites (tertiary alicyclic amines) is 1.